The van der Waals surface area contributed by atoms with Crippen molar-refractivity contribution in [3.8, 4) is 0 Å². The first-order valence-corrected chi connectivity index (χ1v) is 11.6. The highest BCUT2D eigenvalue weighted by atomic mass is 35.5. The largest absolute Gasteiger partial charge is 0.350 e. The van der Waals surface area contributed by atoms with Gasteiger partial charge in [-0.1, -0.05) is 71.4 Å². The van der Waals surface area contributed by atoms with Gasteiger partial charge in [0.1, 0.15) is 0 Å². The molecule has 1 amide bonds. The average molecular weight is 476 g/mol. The van der Waals surface area contributed by atoms with Gasteiger partial charge in [0.25, 0.3) is 5.56 Å². The van der Waals surface area contributed by atoms with E-state index in [2.05, 4.69) is 15.3 Å². The number of hydrogen-bond donors (Lipinski definition) is 2. The summed E-state index contributed by atoms with van der Waals surface area (Å²) in [5.74, 6) is 0.552. The Morgan fingerprint density at radius 3 is 2.61 bits per heavy atom. The molecule has 0 fully saturated rings. The predicted octanol–water partition coefficient (Wildman–Crippen LogP) is 5.49. The summed E-state index contributed by atoms with van der Waals surface area (Å²) in [5.41, 5.74) is 2.90. The molecule has 0 saturated heterocycles. The second-order valence-electron chi connectivity index (χ2n) is 7.16. The number of carbonyl (C=O) groups is 1. The normalized spacial score (nSPS) is 11.9. The zero-order valence-corrected chi connectivity index (χ0v) is 19.6. The summed E-state index contributed by atoms with van der Waals surface area (Å²) in [6.07, 6.45) is 0.488. The minimum Gasteiger partial charge on any atom is -0.350 e. The van der Waals surface area contributed by atoms with Crippen LogP contribution in [0.2, 0.25) is 10.0 Å². The van der Waals surface area contributed by atoms with E-state index in [0.29, 0.717) is 32.9 Å². The van der Waals surface area contributed by atoms with Gasteiger partial charge >= 0.3 is 0 Å². The summed E-state index contributed by atoms with van der Waals surface area (Å²) >= 11 is 13.6. The van der Waals surface area contributed by atoms with Crippen LogP contribution < -0.4 is 10.9 Å². The van der Waals surface area contributed by atoms with Crippen molar-refractivity contribution in [2.45, 2.75) is 43.6 Å². The number of halogens is 2. The first-order valence-electron chi connectivity index (χ1n) is 9.84. The quantitative estimate of drug-likeness (QED) is 0.333. The topological polar surface area (TPSA) is 74.8 Å². The molecule has 2 N–H and O–H groups in total. The first-order chi connectivity index (χ1) is 14.8. The SMILES string of the molecule is Cc1nc(SCc2ccccc2)[nH]c(=O)c1CCC(=O)N[C@@H](C)c1ccc(Cl)cc1Cl. The Hall–Kier alpha value is -2.28. The van der Waals surface area contributed by atoms with E-state index in [9.17, 15) is 9.59 Å². The summed E-state index contributed by atoms with van der Waals surface area (Å²) in [4.78, 5) is 32.3. The van der Waals surface area contributed by atoms with Crippen molar-refractivity contribution in [1.29, 1.82) is 0 Å². The third-order valence-corrected chi connectivity index (χ3v) is 6.33. The molecule has 1 aromatic heterocycles. The number of H-pyrrole nitrogens is 1. The lowest BCUT2D eigenvalue weighted by atomic mass is 10.1. The standard InChI is InChI=1S/C23H23Cl2N3O2S/c1-14(18-9-8-17(24)12-20(18)25)26-21(29)11-10-19-15(2)27-23(28-22(19)30)31-13-16-6-4-3-5-7-16/h3-9,12,14H,10-11,13H2,1-2H3,(H,26,29)(H,27,28,30)/t14-/m0/s1. The van der Waals surface area contributed by atoms with Crippen LogP contribution in [0.15, 0.2) is 58.5 Å². The van der Waals surface area contributed by atoms with Gasteiger partial charge in [0, 0.05) is 33.5 Å². The van der Waals surface area contributed by atoms with E-state index < -0.39 is 0 Å². The zero-order chi connectivity index (χ0) is 22.4. The number of aryl methyl sites for hydroxylation is 1. The molecule has 0 radical (unpaired) electrons. The van der Waals surface area contributed by atoms with Crippen molar-refractivity contribution in [3.05, 3.63) is 91.3 Å². The summed E-state index contributed by atoms with van der Waals surface area (Å²) in [6, 6.07) is 14.9. The van der Waals surface area contributed by atoms with Crippen LogP contribution in [0.25, 0.3) is 0 Å². The van der Waals surface area contributed by atoms with Crippen molar-refractivity contribution in [2.75, 3.05) is 0 Å². The van der Waals surface area contributed by atoms with Gasteiger partial charge in [-0.05, 0) is 43.5 Å². The highest BCUT2D eigenvalue weighted by Crippen LogP contribution is 2.26. The predicted molar refractivity (Wildman–Crippen MR) is 127 cm³/mol. The average Bonchev–Trinajstić information content (AvgIpc) is 2.72. The molecule has 0 unspecified atom stereocenters. The highest BCUT2D eigenvalue weighted by molar-refractivity contribution is 7.98. The molecule has 5 nitrogen and oxygen atoms in total. The van der Waals surface area contributed by atoms with E-state index in [4.69, 9.17) is 23.2 Å². The number of nitrogens with one attached hydrogen (secondary N) is 2. The number of benzene rings is 2. The summed E-state index contributed by atoms with van der Waals surface area (Å²) in [5, 5.41) is 4.53. The molecular formula is C23H23Cl2N3O2S. The van der Waals surface area contributed by atoms with Crippen LogP contribution in [0.4, 0.5) is 0 Å². The monoisotopic (exact) mass is 475 g/mol. The van der Waals surface area contributed by atoms with E-state index in [1.165, 1.54) is 11.8 Å². The summed E-state index contributed by atoms with van der Waals surface area (Å²) in [7, 11) is 0. The Balaban J connectivity index is 1.58. The maximum atomic E-state index is 12.5. The number of amides is 1. The second kappa shape index (κ2) is 10.8. The van der Waals surface area contributed by atoms with Crippen molar-refractivity contribution >= 4 is 40.9 Å². The Kier molecular flexibility index (Phi) is 8.18. The van der Waals surface area contributed by atoms with Crippen molar-refractivity contribution < 1.29 is 4.79 Å². The molecule has 1 heterocycles. The molecule has 1 atom stereocenters. The van der Waals surface area contributed by atoms with Gasteiger partial charge in [-0.2, -0.15) is 0 Å². The maximum Gasteiger partial charge on any atom is 0.254 e. The lowest BCUT2D eigenvalue weighted by Gasteiger charge is -2.16. The van der Waals surface area contributed by atoms with E-state index >= 15 is 0 Å². The van der Waals surface area contributed by atoms with Crippen LogP contribution in [-0.4, -0.2) is 15.9 Å². The number of hydrogen-bond acceptors (Lipinski definition) is 4. The fraction of sp³-hybridized carbons (Fsp3) is 0.261. The summed E-state index contributed by atoms with van der Waals surface area (Å²) < 4.78 is 0. The molecule has 0 aliphatic carbocycles. The molecule has 162 valence electrons. The molecule has 3 aromatic rings. The molecule has 0 spiro atoms. The van der Waals surface area contributed by atoms with Crippen LogP contribution in [-0.2, 0) is 17.0 Å². The minimum atomic E-state index is -0.272. The number of thioether (sulfide) groups is 1. The van der Waals surface area contributed by atoms with E-state index in [-0.39, 0.29) is 23.9 Å². The molecule has 31 heavy (non-hydrogen) atoms. The van der Waals surface area contributed by atoms with Gasteiger partial charge in [0.15, 0.2) is 5.16 Å². The van der Waals surface area contributed by atoms with Gasteiger partial charge in [-0.3, -0.25) is 9.59 Å². The fourth-order valence-electron chi connectivity index (χ4n) is 3.16. The Morgan fingerprint density at radius 2 is 1.94 bits per heavy atom. The van der Waals surface area contributed by atoms with Crippen LogP contribution in [0.5, 0.6) is 0 Å². The maximum absolute atomic E-state index is 12.5. The first kappa shape index (κ1) is 23.4. The number of nitrogens with zero attached hydrogens (tertiary/aromatic N) is 1. The summed E-state index contributed by atoms with van der Waals surface area (Å²) in [6.45, 7) is 3.65. The second-order valence-corrected chi connectivity index (χ2v) is 8.97. The Bertz CT molecular complexity index is 1120. The molecule has 0 aliphatic rings. The van der Waals surface area contributed by atoms with E-state index in [0.717, 1.165) is 16.9 Å². The number of rotatable bonds is 8. The lowest BCUT2D eigenvalue weighted by Crippen LogP contribution is -2.28. The van der Waals surface area contributed by atoms with Crippen LogP contribution >= 0.6 is 35.0 Å². The van der Waals surface area contributed by atoms with Crippen LogP contribution in [0.3, 0.4) is 0 Å². The third kappa shape index (κ3) is 6.60. The molecular weight excluding hydrogens is 453 g/mol. The van der Waals surface area contributed by atoms with E-state index in [1.807, 2.05) is 37.3 Å². The highest BCUT2D eigenvalue weighted by Gasteiger charge is 2.15. The Labute approximate surface area is 195 Å². The Morgan fingerprint density at radius 1 is 1.19 bits per heavy atom. The molecule has 8 heteroatoms. The minimum absolute atomic E-state index is 0.167. The van der Waals surface area contributed by atoms with Gasteiger partial charge in [0.05, 0.1) is 6.04 Å². The van der Waals surface area contributed by atoms with Crippen LogP contribution in [0, 0.1) is 6.92 Å². The number of aromatic amines is 1. The van der Waals surface area contributed by atoms with Crippen molar-refractivity contribution in [1.82, 2.24) is 15.3 Å². The van der Waals surface area contributed by atoms with Crippen molar-refractivity contribution in [3.63, 3.8) is 0 Å². The van der Waals surface area contributed by atoms with Crippen LogP contribution in [0.1, 0.15) is 41.8 Å². The number of carbonyl (C=O) groups excluding carboxylic acids is 1. The molecule has 0 bridgehead atoms. The van der Waals surface area contributed by atoms with Gasteiger partial charge in [0.2, 0.25) is 5.91 Å². The smallest absolute Gasteiger partial charge is 0.254 e. The molecule has 3 rings (SSSR count). The number of aromatic nitrogens is 2. The molecule has 2 aromatic carbocycles. The van der Waals surface area contributed by atoms with Crippen molar-refractivity contribution in [2.24, 2.45) is 0 Å². The third-order valence-electron chi connectivity index (χ3n) is 4.83. The van der Waals surface area contributed by atoms with Gasteiger partial charge in [-0.15, -0.1) is 0 Å². The fourth-order valence-corrected chi connectivity index (χ4v) is 4.59. The zero-order valence-electron chi connectivity index (χ0n) is 17.2. The van der Waals surface area contributed by atoms with Gasteiger partial charge < -0.3 is 10.3 Å². The van der Waals surface area contributed by atoms with E-state index in [1.54, 1.807) is 25.1 Å². The molecule has 0 saturated carbocycles. The molecule has 0 aliphatic heterocycles. The van der Waals surface area contributed by atoms with Gasteiger partial charge in [-0.25, -0.2) is 4.98 Å². The lowest BCUT2D eigenvalue weighted by molar-refractivity contribution is -0.121.